The summed E-state index contributed by atoms with van der Waals surface area (Å²) in [6, 6.07) is 7.03. The van der Waals surface area contributed by atoms with E-state index in [0.29, 0.717) is 24.4 Å². The van der Waals surface area contributed by atoms with E-state index < -0.39 is 10.0 Å². The molecule has 0 aliphatic carbocycles. The number of nitrogens with one attached hydrogen (secondary N) is 2. The Morgan fingerprint density at radius 3 is 2.33 bits per heavy atom. The van der Waals surface area contributed by atoms with Gasteiger partial charge in [-0.3, -0.25) is 4.79 Å². The fourth-order valence-electron chi connectivity index (χ4n) is 1.96. The van der Waals surface area contributed by atoms with Gasteiger partial charge in [0.2, 0.25) is 15.9 Å². The van der Waals surface area contributed by atoms with Crippen molar-refractivity contribution in [2.75, 3.05) is 13.1 Å². The summed E-state index contributed by atoms with van der Waals surface area (Å²) in [4.78, 5) is 11.0. The lowest BCUT2D eigenvalue weighted by Crippen LogP contribution is -2.30. The highest BCUT2D eigenvalue weighted by Gasteiger charge is 2.24. The maximum atomic E-state index is 12.4. The lowest BCUT2D eigenvalue weighted by molar-refractivity contribution is -0.118. The maximum absolute atomic E-state index is 12.4. The molecule has 0 spiro atoms. The normalized spacial score (nSPS) is 12.2. The number of carbonyl (C=O) groups is 1. The van der Waals surface area contributed by atoms with Crippen molar-refractivity contribution in [1.82, 2.24) is 10.0 Å². The summed E-state index contributed by atoms with van der Waals surface area (Å²) in [5.41, 5.74) is 0.543. The summed E-state index contributed by atoms with van der Waals surface area (Å²) < 4.78 is 27.4. The molecule has 1 amide bonds. The second-order valence-electron chi connectivity index (χ2n) is 5.98. The van der Waals surface area contributed by atoms with Crippen molar-refractivity contribution in [2.45, 2.75) is 44.4 Å². The van der Waals surface area contributed by atoms with Crippen LogP contribution in [0.5, 0.6) is 0 Å². The fraction of sp³-hybridized carbons (Fsp3) is 0.533. The number of benzene rings is 1. The average molecular weight is 312 g/mol. The molecule has 0 heterocycles. The van der Waals surface area contributed by atoms with Crippen LogP contribution in [0.4, 0.5) is 0 Å². The zero-order valence-corrected chi connectivity index (χ0v) is 13.9. The Labute approximate surface area is 127 Å². The van der Waals surface area contributed by atoms with Crippen LogP contribution in [0.25, 0.3) is 0 Å². The first kappa shape index (κ1) is 17.7. The van der Waals surface area contributed by atoms with Gasteiger partial charge < -0.3 is 5.32 Å². The molecule has 0 fully saturated rings. The number of sulfonamides is 1. The van der Waals surface area contributed by atoms with Crippen LogP contribution in [0.15, 0.2) is 29.2 Å². The predicted octanol–water partition coefficient (Wildman–Crippen LogP) is 1.79. The van der Waals surface area contributed by atoms with Gasteiger partial charge in [-0.05, 0) is 23.5 Å². The van der Waals surface area contributed by atoms with E-state index in [0.717, 1.165) is 5.56 Å². The van der Waals surface area contributed by atoms with Gasteiger partial charge in [0.1, 0.15) is 0 Å². The van der Waals surface area contributed by atoms with Crippen LogP contribution in [0, 0.1) is 0 Å². The summed E-state index contributed by atoms with van der Waals surface area (Å²) in [5.74, 6) is -0.115. The Morgan fingerprint density at radius 2 is 1.76 bits per heavy atom. The number of rotatable bonds is 6. The second kappa shape index (κ2) is 7.04. The minimum Gasteiger partial charge on any atom is -0.356 e. The molecule has 1 rings (SSSR count). The number of hydrogen-bond acceptors (Lipinski definition) is 3. The molecule has 0 saturated heterocycles. The lowest BCUT2D eigenvalue weighted by Gasteiger charge is -2.22. The van der Waals surface area contributed by atoms with Gasteiger partial charge in [-0.2, -0.15) is 0 Å². The first-order valence-electron chi connectivity index (χ1n) is 6.98. The molecule has 21 heavy (non-hydrogen) atoms. The zero-order valence-electron chi connectivity index (χ0n) is 13.1. The van der Waals surface area contributed by atoms with Crippen LogP contribution in [0.2, 0.25) is 0 Å². The molecule has 0 radical (unpaired) electrons. The predicted molar refractivity (Wildman–Crippen MR) is 83.6 cm³/mol. The largest absolute Gasteiger partial charge is 0.356 e. The van der Waals surface area contributed by atoms with E-state index in [9.17, 15) is 13.2 Å². The van der Waals surface area contributed by atoms with Crippen molar-refractivity contribution < 1.29 is 13.2 Å². The van der Waals surface area contributed by atoms with Crippen LogP contribution in [0.1, 0.15) is 39.7 Å². The van der Waals surface area contributed by atoms with E-state index in [4.69, 9.17) is 0 Å². The van der Waals surface area contributed by atoms with Gasteiger partial charge >= 0.3 is 0 Å². The molecule has 0 unspecified atom stereocenters. The third-order valence-corrected chi connectivity index (χ3v) is 4.52. The molecule has 0 aliphatic rings. The summed E-state index contributed by atoms with van der Waals surface area (Å²) in [6.07, 6.45) is 0.552. The SMILES string of the molecule is CC(=O)NCCCNS(=O)(=O)c1ccccc1C(C)(C)C. The third-order valence-electron chi connectivity index (χ3n) is 3.00. The minimum atomic E-state index is -3.54. The van der Waals surface area contributed by atoms with E-state index in [1.807, 2.05) is 32.9 Å². The Kier molecular flexibility index (Phi) is 5.92. The number of amides is 1. The van der Waals surface area contributed by atoms with Crippen LogP contribution in [-0.2, 0) is 20.2 Å². The maximum Gasteiger partial charge on any atom is 0.240 e. The molecule has 118 valence electrons. The quantitative estimate of drug-likeness (QED) is 0.786. The molecule has 1 aromatic rings. The van der Waals surface area contributed by atoms with Crippen LogP contribution >= 0.6 is 0 Å². The van der Waals surface area contributed by atoms with Gasteiger partial charge in [0.05, 0.1) is 4.90 Å². The molecule has 0 atom stereocenters. The van der Waals surface area contributed by atoms with E-state index in [2.05, 4.69) is 10.0 Å². The second-order valence-corrected chi connectivity index (χ2v) is 7.72. The van der Waals surface area contributed by atoms with E-state index in [1.54, 1.807) is 12.1 Å². The number of hydrogen-bond donors (Lipinski definition) is 2. The van der Waals surface area contributed by atoms with Crippen molar-refractivity contribution in [3.63, 3.8) is 0 Å². The average Bonchev–Trinajstić information content (AvgIpc) is 2.37. The summed E-state index contributed by atoms with van der Waals surface area (Å²) in [5, 5.41) is 2.63. The van der Waals surface area contributed by atoms with E-state index >= 15 is 0 Å². The Balaban J connectivity index is 2.78. The van der Waals surface area contributed by atoms with Gasteiger partial charge in [0, 0.05) is 20.0 Å². The molecule has 1 aromatic carbocycles. The zero-order chi connectivity index (χ0) is 16.1. The highest BCUT2D eigenvalue weighted by molar-refractivity contribution is 7.89. The lowest BCUT2D eigenvalue weighted by atomic mass is 9.87. The molecular weight excluding hydrogens is 288 g/mol. The summed E-state index contributed by atoms with van der Waals surface area (Å²) in [7, 11) is -3.54. The van der Waals surface area contributed by atoms with Crippen molar-refractivity contribution in [3.05, 3.63) is 29.8 Å². The molecule has 0 saturated carbocycles. The standard InChI is InChI=1S/C15H24N2O3S/c1-12(18)16-10-7-11-17-21(19,20)14-9-6-5-8-13(14)15(2,3)4/h5-6,8-9,17H,7,10-11H2,1-4H3,(H,16,18). The molecular formula is C15H24N2O3S. The molecule has 5 nitrogen and oxygen atoms in total. The Hall–Kier alpha value is -1.40. The summed E-state index contributed by atoms with van der Waals surface area (Å²) in [6.45, 7) is 8.14. The highest BCUT2D eigenvalue weighted by atomic mass is 32.2. The van der Waals surface area contributed by atoms with Crippen molar-refractivity contribution in [1.29, 1.82) is 0 Å². The van der Waals surface area contributed by atoms with Gasteiger partial charge in [-0.15, -0.1) is 0 Å². The van der Waals surface area contributed by atoms with Crippen molar-refractivity contribution in [2.24, 2.45) is 0 Å². The first-order chi connectivity index (χ1) is 9.64. The van der Waals surface area contributed by atoms with Gasteiger partial charge in [0.25, 0.3) is 0 Å². The van der Waals surface area contributed by atoms with E-state index in [-0.39, 0.29) is 11.3 Å². The van der Waals surface area contributed by atoms with Gasteiger partial charge in [-0.25, -0.2) is 13.1 Å². The molecule has 0 bridgehead atoms. The highest BCUT2D eigenvalue weighted by Crippen LogP contribution is 2.28. The molecule has 0 aliphatic heterocycles. The van der Waals surface area contributed by atoms with Crippen LogP contribution in [-0.4, -0.2) is 27.4 Å². The van der Waals surface area contributed by atoms with Crippen molar-refractivity contribution >= 4 is 15.9 Å². The van der Waals surface area contributed by atoms with Gasteiger partial charge in [0.15, 0.2) is 0 Å². The minimum absolute atomic E-state index is 0.115. The third kappa shape index (κ3) is 5.47. The molecule has 6 heteroatoms. The summed E-state index contributed by atoms with van der Waals surface area (Å²) >= 11 is 0. The fourth-order valence-corrected chi connectivity index (χ4v) is 3.45. The monoisotopic (exact) mass is 312 g/mol. The Bertz CT molecular complexity index is 589. The van der Waals surface area contributed by atoms with Crippen LogP contribution < -0.4 is 10.0 Å². The number of carbonyl (C=O) groups excluding carboxylic acids is 1. The van der Waals surface area contributed by atoms with E-state index in [1.165, 1.54) is 6.92 Å². The smallest absolute Gasteiger partial charge is 0.240 e. The Morgan fingerprint density at radius 1 is 1.14 bits per heavy atom. The topological polar surface area (TPSA) is 75.3 Å². The molecule has 2 N–H and O–H groups in total. The van der Waals surface area contributed by atoms with Gasteiger partial charge in [-0.1, -0.05) is 39.0 Å². The van der Waals surface area contributed by atoms with Crippen LogP contribution in [0.3, 0.4) is 0 Å². The van der Waals surface area contributed by atoms with Crippen molar-refractivity contribution in [3.8, 4) is 0 Å². The molecule has 0 aromatic heterocycles. The first-order valence-corrected chi connectivity index (χ1v) is 8.46.